The summed E-state index contributed by atoms with van der Waals surface area (Å²) < 4.78 is 0.965. The number of carbonyl (C=O) groups is 1. The maximum atomic E-state index is 12.5. The van der Waals surface area contributed by atoms with E-state index in [1.165, 1.54) is 5.56 Å². The van der Waals surface area contributed by atoms with E-state index in [1.807, 2.05) is 42.5 Å². The molecule has 5 heteroatoms. The third-order valence-corrected chi connectivity index (χ3v) is 4.89. The predicted octanol–water partition coefficient (Wildman–Crippen LogP) is 3.42. The number of rotatable bonds is 3. The summed E-state index contributed by atoms with van der Waals surface area (Å²) in [5, 5.41) is 6.30. The first-order chi connectivity index (χ1) is 11.1. The van der Waals surface area contributed by atoms with Gasteiger partial charge in [-0.1, -0.05) is 34.1 Å². The summed E-state index contributed by atoms with van der Waals surface area (Å²) in [7, 11) is 0. The summed E-state index contributed by atoms with van der Waals surface area (Å²) in [5.74, 6) is -0.0896. The van der Waals surface area contributed by atoms with Crippen molar-refractivity contribution in [2.24, 2.45) is 0 Å². The van der Waals surface area contributed by atoms with Crippen LogP contribution >= 0.6 is 15.9 Å². The molecule has 120 valence electrons. The quantitative estimate of drug-likeness (QED) is 0.866. The number of benzene rings is 2. The first-order valence-corrected chi connectivity index (χ1v) is 8.56. The number of nitrogens with one attached hydrogen (secondary N) is 2. The van der Waals surface area contributed by atoms with Gasteiger partial charge >= 0.3 is 0 Å². The van der Waals surface area contributed by atoms with Gasteiger partial charge in [-0.3, -0.25) is 4.79 Å². The van der Waals surface area contributed by atoms with Gasteiger partial charge in [0.2, 0.25) is 0 Å². The molecule has 1 amide bonds. The van der Waals surface area contributed by atoms with E-state index < -0.39 is 0 Å². The number of amides is 1. The normalized spacial score (nSPS) is 14.6. The first-order valence-electron chi connectivity index (χ1n) is 7.77. The Balaban J connectivity index is 1.87. The zero-order valence-electron chi connectivity index (χ0n) is 13.1. The van der Waals surface area contributed by atoms with Crippen LogP contribution in [0.4, 0.5) is 11.4 Å². The standard InChI is InChI=1S/C18H20BrN3O/c1-13-16(19)11-14(12-17(13)22-9-7-20-8-10-22)18(23)21-15-5-3-2-4-6-15/h2-6,11-12,20H,7-10H2,1H3,(H,21,23). The van der Waals surface area contributed by atoms with Crippen LogP contribution in [-0.2, 0) is 0 Å². The molecular weight excluding hydrogens is 354 g/mol. The van der Waals surface area contributed by atoms with Gasteiger partial charge in [-0.2, -0.15) is 0 Å². The van der Waals surface area contributed by atoms with Crippen molar-refractivity contribution in [2.45, 2.75) is 6.92 Å². The third kappa shape index (κ3) is 3.74. The van der Waals surface area contributed by atoms with Crippen LogP contribution in [0.2, 0.25) is 0 Å². The number of anilines is 2. The molecule has 0 saturated carbocycles. The van der Waals surface area contributed by atoms with Crippen molar-refractivity contribution in [1.82, 2.24) is 5.32 Å². The summed E-state index contributed by atoms with van der Waals surface area (Å²) in [4.78, 5) is 14.9. The Bertz CT molecular complexity index is 697. The molecule has 2 aromatic rings. The molecular formula is C18H20BrN3O. The highest BCUT2D eigenvalue weighted by Gasteiger charge is 2.17. The van der Waals surface area contributed by atoms with Gasteiger partial charge in [-0.15, -0.1) is 0 Å². The molecule has 1 saturated heterocycles. The summed E-state index contributed by atoms with van der Waals surface area (Å²) in [6.45, 7) is 5.93. The van der Waals surface area contributed by atoms with Crippen molar-refractivity contribution in [3.8, 4) is 0 Å². The second kappa shape index (κ2) is 7.15. The van der Waals surface area contributed by atoms with Crippen LogP contribution in [0.3, 0.4) is 0 Å². The van der Waals surface area contributed by atoms with Crippen molar-refractivity contribution in [2.75, 3.05) is 36.4 Å². The highest BCUT2D eigenvalue weighted by atomic mass is 79.9. The van der Waals surface area contributed by atoms with Crippen LogP contribution in [0.1, 0.15) is 15.9 Å². The Morgan fingerprint density at radius 1 is 1.17 bits per heavy atom. The van der Waals surface area contributed by atoms with E-state index in [4.69, 9.17) is 0 Å². The fourth-order valence-electron chi connectivity index (χ4n) is 2.75. The second-order valence-corrected chi connectivity index (χ2v) is 6.51. The molecule has 0 bridgehead atoms. The second-order valence-electron chi connectivity index (χ2n) is 5.66. The molecule has 1 aliphatic heterocycles. The van der Waals surface area contributed by atoms with Crippen molar-refractivity contribution < 1.29 is 4.79 Å². The molecule has 2 aromatic carbocycles. The molecule has 23 heavy (non-hydrogen) atoms. The summed E-state index contributed by atoms with van der Waals surface area (Å²) in [6.07, 6.45) is 0. The average Bonchev–Trinajstić information content (AvgIpc) is 2.59. The molecule has 0 radical (unpaired) electrons. The maximum Gasteiger partial charge on any atom is 0.255 e. The summed E-state index contributed by atoms with van der Waals surface area (Å²) in [5.41, 5.74) is 3.76. The summed E-state index contributed by atoms with van der Waals surface area (Å²) >= 11 is 3.59. The fourth-order valence-corrected chi connectivity index (χ4v) is 3.20. The van der Waals surface area contributed by atoms with Crippen molar-refractivity contribution in [1.29, 1.82) is 0 Å². The van der Waals surface area contributed by atoms with Crippen molar-refractivity contribution >= 4 is 33.2 Å². The first kappa shape index (κ1) is 16.0. The molecule has 1 fully saturated rings. The number of nitrogens with zero attached hydrogens (tertiary/aromatic N) is 1. The number of hydrogen-bond acceptors (Lipinski definition) is 3. The fraction of sp³-hybridized carbons (Fsp3) is 0.278. The topological polar surface area (TPSA) is 44.4 Å². The van der Waals surface area contributed by atoms with Gasteiger partial charge in [0.15, 0.2) is 0 Å². The van der Waals surface area contributed by atoms with Crippen LogP contribution in [0.15, 0.2) is 46.9 Å². The SMILES string of the molecule is Cc1c(Br)cc(C(=O)Nc2ccccc2)cc1N1CCNCC1. The van der Waals surface area contributed by atoms with Crippen LogP contribution in [0.25, 0.3) is 0 Å². The predicted molar refractivity (Wildman–Crippen MR) is 98.4 cm³/mol. The average molecular weight is 374 g/mol. The van der Waals surface area contributed by atoms with E-state index in [0.717, 1.165) is 42.0 Å². The molecule has 2 N–H and O–H groups in total. The zero-order valence-corrected chi connectivity index (χ0v) is 14.7. The maximum absolute atomic E-state index is 12.5. The van der Waals surface area contributed by atoms with E-state index in [9.17, 15) is 4.79 Å². The molecule has 1 heterocycles. The van der Waals surface area contributed by atoms with Gasteiger partial charge in [0.05, 0.1) is 0 Å². The van der Waals surface area contributed by atoms with E-state index in [1.54, 1.807) is 0 Å². The number of halogens is 1. The summed E-state index contributed by atoms with van der Waals surface area (Å²) in [6, 6.07) is 13.4. The lowest BCUT2D eigenvalue weighted by Crippen LogP contribution is -2.43. The van der Waals surface area contributed by atoms with Crippen LogP contribution in [0, 0.1) is 6.92 Å². The van der Waals surface area contributed by atoms with E-state index in [0.29, 0.717) is 5.56 Å². The Morgan fingerprint density at radius 2 is 1.87 bits per heavy atom. The van der Waals surface area contributed by atoms with Crippen LogP contribution < -0.4 is 15.5 Å². The van der Waals surface area contributed by atoms with Crippen LogP contribution in [-0.4, -0.2) is 32.1 Å². The van der Waals surface area contributed by atoms with Gasteiger partial charge < -0.3 is 15.5 Å². The van der Waals surface area contributed by atoms with Gasteiger partial charge in [0.25, 0.3) is 5.91 Å². The zero-order chi connectivity index (χ0) is 16.2. The monoisotopic (exact) mass is 373 g/mol. The lowest BCUT2D eigenvalue weighted by molar-refractivity contribution is 0.102. The molecule has 3 rings (SSSR count). The van der Waals surface area contributed by atoms with Crippen molar-refractivity contribution in [3.63, 3.8) is 0 Å². The Labute approximate surface area is 145 Å². The molecule has 0 aromatic heterocycles. The Morgan fingerprint density at radius 3 is 2.57 bits per heavy atom. The minimum absolute atomic E-state index is 0.0896. The number of carbonyl (C=O) groups excluding carboxylic acids is 1. The Hall–Kier alpha value is -1.85. The minimum Gasteiger partial charge on any atom is -0.369 e. The lowest BCUT2D eigenvalue weighted by atomic mass is 10.1. The molecule has 4 nitrogen and oxygen atoms in total. The highest BCUT2D eigenvalue weighted by molar-refractivity contribution is 9.10. The molecule has 1 aliphatic rings. The van der Waals surface area contributed by atoms with Gasteiger partial charge in [-0.05, 0) is 36.8 Å². The lowest BCUT2D eigenvalue weighted by Gasteiger charge is -2.31. The number of para-hydroxylation sites is 1. The molecule has 0 atom stereocenters. The highest BCUT2D eigenvalue weighted by Crippen LogP contribution is 2.29. The largest absolute Gasteiger partial charge is 0.369 e. The number of piperazine rings is 1. The van der Waals surface area contributed by atoms with E-state index in [-0.39, 0.29) is 5.91 Å². The number of hydrogen-bond donors (Lipinski definition) is 2. The third-order valence-electron chi connectivity index (χ3n) is 4.07. The Kier molecular flexibility index (Phi) is 4.98. The van der Waals surface area contributed by atoms with Gasteiger partial charge in [0.1, 0.15) is 0 Å². The van der Waals surface area contributed by atoms with Gasteiger partial charge in [0, 0.05) is 47.6 Å². The smallest absolute Gasteiger partial charge is 0.255 e. The molecule has 0 aliphatic carbocycles. The van der Waals surface area contributed by atoms with Gasteiger partial charge in [-0.25, -0.2) is 0 Å². The van der Waals surface area contributed by atoms with Crippen LogP contribution in [0.5, 0.6) is 0 Å². The molecule has 0 unspecified atom stereocenters. The minimum atomic E-state index is -0.0896. The van der Waals surface area contributed by atoms with Crippen molar-refractivity contribution in [3.05, 3.63) is 58.1 Å². The molecule has 0 spiro atoms. The van der Waals surface area contributed by atoms with E-state index >= 15 is 0 Å². The van der Waals surface area contributed by atoms with E-state index in [2.05, 4.69) is 38.4 Å².